The summed E-state index contributed by atoms with van der Waals surface area (Å²) in [5.74, 6) is -2.20. The van der Waals surface area contributed by atoms with E-state index in [1.54, 1.807) is 63.4 Å². The van der Waals surface area contributed by atoms with Crippen LogP contribution in [0.3, 0.4) is 0 Å². The second kappa shape index (κ2) is 8.03. The summed E-state index contributed by atoms with van der Waals surface area (Å²) in [6.07, 6.45) is 0. The molecule has 9 heteroatoms. The van der Waals surface area contributed by atoms with Crippen LogP contribution in [0.5, 0.6) is 5.75 Å². The van der Waals surface area contributed by atoms with Gasteiger partial charge in [-0.15, -0.1) is 0 Å². The average Bonchev–Trinajstić information content (AvgIpc) is 3.28. The molecule has 0 unspecified atom stereocenters. The maximum atomic E-state index is 13.5. The van der Waals surface area contributed by atoms with Gasteiger partial charge >= 0.3 is 5.97 Å². The molecule has 0 aromatic heterocycles. The van der Waals surface area contributed by atoms with Crippen LogP contribution in [0.2, 0.25) is 5.02 Å². The SMILES string of the molecule is CCOC(=O)C1=NN(c2ccc(OC)cc2)[C@H]2C(=O)N(c3cccc(Cl)c3C)C(=O)[C@H]12. The number of methoxy groups -OCH3 is 1. The minimum Gasteiger partial charge on any atom is -0.497 e. The molecular weight excluding hydrogens is 422 g/mol. The molecule has 2 amide bonds. The average molecular weight is 442 g/mol. The molecule has 8 nitrogen and oxygen atoms in total. The number of imide groups is 1. The van der Waals surface area contributed by atoms with Crippen LogP contribution in [0.15, 0.2) is 47.6 Å². The van der Waals surface area contributed by atoms with Gasteiger partial charge in [-0.1, -0.05) is 17.7 Å². The molecule has 160 valence electrons. The Balaban J connectivity index is 1.80. The number of rotatable bonds is 5. The number of carbonyl (C=O) groups excluding carboxylic acids is 3. The van der Waals surface area contributed by atoms with E-state index in [0.717, 1.165) is 4.90 Å². The Labute approximate surface area is 184 Å². The third-order valence-electron chi connectivity index (χ3n) is 5.35. The predicted molar refractivity (Wildman–Crippen MR) is 116 cm³/mol. The number of ether oxygens (including phenoxy) is 2. The van der Waals surface area contributed by atoms with Crippen LogP contribution < -0.4 is 14.6 Å². The standard InChI is InChI=1S/C22H20ClN3O5/c1-4-31-22(29)18-17-19(26(24-18)13-8-10-14(30-3)11-9-13)21(28)25(20(17)27)16-7-5-6-15(23)12(16)2/h5-11,17,19H,4H2,1-3H3/t17-,19-/m1/s1. The molecule has 2 aliphatic heterocycles. The van der Waals surface area contributed by atoms with Crippen LogP contribution in [0.25, 0.3) is 0 Å². The third kappa shape index (κ3) is 3.33. The largest absolute Gasteiger partial charge is 0.497 e. The molecule has 0 spiro atoms. The highest BCUT2D eigenvalue weighted by Gasteiger charge is 2.59. The maximum absolute atomic E-state index is 13.5. The smallest absolute Gasteiger partial charge is 0.355 e. The van der Waals surface area contributed by atoms with Gasteiger partial charge in [-0.2, -0.15) is 5.10 Å². The molecule has 1 fully saturated rings. The van der Waals surface area contributed by atoms with E-state index in [-0.39, 0.29) is 12.3 Å². The molecule has 2 atom stereocenters. The van der Waals surface area contributed by atoms with Gasteiger partial charge in [-0.3, -0.25) is 14.6 Å². The maximum Gasteiger partial charge on any atom is 0.355 e. The molecule has 0 bridgehead atoms. The van der Waals surface area contributed by atoms with E-state index in [0.29, 0.717) is 27.7 Å². The van der Waals surface area contributed by atoms with Gasteiger partial charge in [0.25, 0.3) is 5.91 Å². The zero-order valence-electron chi connectivity index (χ0n) is 17.2. The summed E-state index contributed by atoms with van der Waals surface area (Å²) in [7, 11) is 1.54. The predicted octanol–water partition coefficient (Wildman–Crippen LogP) is 2.95. The number of esters is 1. The lowest BCUT2D eigenvalue weighted by molar-refractivity contribution is -0.136. The fraction of sp³-hybridized carbons (Fsp3) is 0.273. The van der Waals surface area contributed by atoms with Crippen molar-refractivity contribution in [2.75, 3.05) is 23.6 Å². The lowest BCUT2D eigenvalue weighted by Gasteiger charge is -2.23. The zero-order valence-corrected chi connectivity index (χ0v) is 17.9. The van der Waals surface area contributed by atoms with Crippen LogP contribution in [0.4, 0.5) is 11.4 Å². The molecular formula is C22H20ClN3O5. The minimum absolute atomic E-state index is 0.0943. The van der Waals surface area contributed by atoms with E-state index in [9.17, 15) is 14.4 Å². The van der Waals surface area contributed by atoms with Crippen molar-refractivity contribution < 1.29 is 23.9 Å². The third-order valence-corrected chi connectivity index (χ3v) is 5.76. The number of amides is 2. The molecule has 0 N–H and O–H groups in total. The van der Waals surface area contributed by atoms with Gasteiger partial charge in [0.05, 0.1) is 25.1 Å². The number of hydrazone groups is 1. The number of halogens is 1. The molecule has 2 aromatic rings. The second-order valence-electron chi connectivity index (χ2n) is 7.07. The van der Waals surface area contributed by atoms with E-state index >= 15 is 0 Å². The van der Waals surface area contributed by atoms with Gasteiger partial charge in [0, 0.05) is 5.02 Å². The first kappa shape index (κ1) is 20.9. The Bertz CT molecular complexity index is 1100. The molecule has 2 aromatic carbocycles. The summed E-state index contributed by atoms with van der Waals surface area (Å²) >= 11 is 6.21. The fourth-order valence-corrected chi connectivity index (χ4v) is 3.98. The van der Waals surface area contributed by atoms with Crippen molar-refractivity contribution in [1.82, 2.24) is 0 Å². The van der Waals surface area contributed by atoms with Crippen molar-refractivity contribution in [2.45, 2.75) is 19.9 Å². The fourth-order valence-electron chi connectivity index (χ4n) is 3.81. The molecule has 1 saturated heterocycles. The lowest BCUT2D eigenvalue weighted by Crippen LogP contribution is -2.39. The number of anilines is 2. The van der Waals surface area contributed by atoms with Gasteiger partial charge in [-0.05, 0) is 55.8 Å². The van der Waals surface area contributed by atoms with Crippen molar-refractivity contribution in [1.29, 1.82) is 0 Å². The van der Waals surface area contributed by atoms with Gasteiger partial charge < -0.3 is 9.47 Å². The number of hydrogen-bond donors (Lipinski definition) is 0. The Morgan fingerprint density at radius 1 is 1.13 bits per heavy atom. The van der Waals surface area contributed by atoms with Crippen molar-refractivity contribution >= 4 is 46.5 Å². The highest BCUT2D eigenvalue weighted by atomic mass is 35.5. The van der Waals surface area contributed by atoms with Gasteiger partial charge in [-0.25, -0.2) is 9.69 Å². The Morgan fingerprint density at radius 2 is 1.84 bits per heavy atom. The number of nitrogens with zero attached hydrogens (tertiary/aromatic N) is 3. The van der Waals surface area contributed by atoms with Gasteiger partial charge in [0.2, 0.25) is 5.91 Å². The molecule has 31 heavy (non-hydrogen) atoms. The first-order valence-electron chi connectivity index (χ1n) is 9.70. The highest BCUT2D eigenvalue weighted by Crippen LogP contribution is 2.40. The van der Waals surface area contributed by atoms with Crippen molar-refractivity contribution in [2.24, 2.45) is 11.0 Å². The molecule has 2 aliphatic rings. The number of benzene rings is 2. The van der Waals surface area contributed by atoms with Crippen molar-refractivity contribution in [3.8, 4) is 5.75 Å². The van der Waals surface area contributed by atoms with Crippen LogP contribution in [-0.2, 0) is 19.1 Å². The van der Waals surface area contributed by atoms with E-state index in [1.807, 2.05) is 0 Å². The van der Waals surface area contributed by atoms with Crippen LogP contribution in [-0.4, -0.2) is 43.3 Å². The first-order chi connectivity index (χ1) is 14.9. The van der Waals surface area contributed by atoms with E-state index in [4.69, 9.17) is 21.1 Å². The molecule has 0 saturated carbocycles. The molecule has 2 heterocycles. The van der Waals surface area contributed by atoms with E-state index in [2.05, 4.69) is 5.10 Å². The number of carbonyl (C=O) groups is 3. The van der Waals surface area contributed by atoms with Crippen molar-refractivity contribution in [3.05, 3.63) is 53.1 Å². The quantitative estimate of drug-likeness (QED) is 0.523. The lowest BCUT2D eigenvalue weighted by atomic mass is 9.97. The number of fused-ring (bicyclic) bond motifs is 1. The van der Waals surface area contributed by atoms with Crippen LogP contribution in [0, 0.1) is 12.8 Å². The molecule has 0 radical (unpaired) electrons. The summed E-state index contributed by atoms with van der Waals surface area (Å²) in [5, 5.41) is 6.16. The van der Waals surface area contributed by atoms with E-state index < -0.39 is 29.7 Å². The summed E-state index contributed by atoms with van der Waals surface area (Å²) in [4.78, 5) is 40.5. The minimum atomic E-state index is -1.08. The summed E-state index contributed by atoms with van der Waals surface area (Å²) in [6, 6.07) is 10.8. The van der Waals surface area contributed by atoms with Crippen LogP contribution >= 0.6 is 11.6 Å². The second-order valence-corrected chi connectivity index (χ2v) is 7.47. The van der Waals surface area contributed by atoms with Crippen molar-refractivity contribution in [3.63, 3.8) is 0 Å². The van der Waals surface area contributed by atoms with Gasteiger partial charge in [0.15, 0.2) is 5.71 Å². The monoisotopic (exact) mass is 441 g/mol. The molecule has 4 rings (SSSR count). The number of hydrogen-bond acceptors (Lipinski definition) is 7. The van der Waals surface area contributed by atoms with Gasteiger partial charge in [0.1, 0.15) is 17.7 Å². The topological polar surface area (TPSA) is 88.5 Å². The zero-order chi connectivity index (χ0) is 22.3. The first-order valence-corrected chi connectivity index (χ1v) is 10.1. The summed E-state index contributed by atoms with van der Waals surface area (Å²) < 4.78 is 10.3. The molecule has 0 aliphatic carbocycles. The Hall–Kier alpha value is -3.39. The summed E-state index contributed by atoms with van der Waals surface area (Å²) in [6.45, 7) is 3.51. The summed E-state index contributed by atoms with van der Waals surface area (Å²) in [5.41, 5.74) is 1.43. The Kier molecular flexibility index (Phi) is 5.41. The van der Waals surface area contributed by atoms with E-state index in [1.165, 1.54) is 5.01 Å². The normalized spacial score (nSPS) is 20.1. The Morgan fingerprint density at radius 3 is 2.48 bits per heavy atom. The van der Waals surface area contributed by atoms with Crippen LogP contribution in [0.1, 0.15) is 12.5 Å². The highest BCUT2D eigenvalue weighted by molar-refractivity contribution is 6.47.